The van der Waals surface area contributed by atoms with E-state index in [1.54, 1.807) is 16.7 Å². The maximum atomic E-state index is 12.3. The fourth-order valence-electron chi connectivity index (χ4n) is 2.32. The molecule has 1 N–H and O–H groups in total. The average molecular weight is 364 g/mol. The lowest BCUT2D eigenvalue weighted by Gasteiger charge is -2.11. The van der Waals surface area contributed by atoms with E-state index in [9.17, 15) is 18.0 Å². The van der Waals surface area contributed by atoms with Crippen LogP contribution in [0.15, 0.2) is 48.8 Å². The van der Waals surface area contributed by atoms with Gasteiger partial charge in [-0.2, -0.15) is 0 Å². The summed E-state index contributed by atoms with van der Waals surface area (Å²) >= 11 is 0. The van der Waals surface area contributed by atoms with Crippen LogP contribution >= 0.6 is 0 Å². The van der Waals surface area contributed by atoms with Gasteiger partial charge in [0.05, 0.1) is 5.69 Å². The largest absolute Gasteiger partial charge is 0.573 e. The average Bonchev–Trinajstić information content (AvgIpc) is 2.96. The second-order valence-corrected chi connectivity index (χ2v) is 5.70. The summed E-state index contributed by atoms with van der Waals surface area (Å²) in [6, 6.07) is 8.68. The molecule has 0 aliphatic heterocycles. The lowest BCUT2D eigenvalue weighted by Crippen LogP contribution is -2.17. The van der Waals surface area contributed by atoms with Crippen molar-refractivity contribution in [3.63, 3.8) is 0 Å². The first-order valence-corrected chi connectivity index (χ1v) is 7.54. The number of nitrogens with one attached hydrogen (secondary N) is 1. The molecule has 0 saturated carbocycles. The summed E-state index contributed by atoms with van der Waals surface area (Å²) < 4.78 is 42.4. The summed E-state index contributed by atoms with van der Waals surface area (Å²) in [5.41, 5.74) is 1.82. The standard InChI is InChI=1S/C17H15F3N4O2/c1-23(2)12-6-7-15-22-14(10-24(15)9-12)16(25)21-11-4-3-5-13(8-11)26-17(18,19)20/h3-10H,1-2H3,(H,21,25). The minimum atomic E-state index is -4.80. The Labute approximate surface area is 146 Å². The third kappa shape index (κ3) is 4.05. The van der Waals surface area contributed by atoms with E-state index in [1.165, 1.54) is 12.1 Å². The highest BCUT2D eigenvalue weighted by molar-refractivity contribution is 6.03. The fraction of sp³-hybridized carbons (Fsp3) is 0.176. The number of anilines is 2. The molecular weight excluding hydrogens is 349 g/mol. The maximum Gasteiger partial charge on any atom is 0.573 e. The van der Waals surface area contributed by atoms with Crippen molar-refractivity contribution < 1.29 is 22.7 Å². The quantitative estimate of drug-likeness (QED) is 0.769. The third-order valence-electron chi connectivity index (χ3n) is 3.51. The van der Waals surface area contributed by atoms with Gasteiger partial charge in [0.1, 0.15) is 17.1 Å². The van der Waals surface area contributed by atoms with Gasteiger partial charge in [0.25, 0.3) is 5.91 Å². The molecule has 0 spiro atoms. The van der Waals surface area contributed by atoms with Crippen molar-refractivity contribution >= 4 is 22.9 Å². The van der Waals surface area contributed by atoms with Crippen molar-refractivity contribution in [2.45, 2.75) is 6.36 Å². The van der Waals surface area contributed by atoms with Crippen LogP contribution in [-0.2, 0) is 0 Å². The number of imidazole rings is 1. The van der Waals surface area contributed by atoms with Gasteiger partial charge in [-0.1, -0.05) is 6.07 Å². The van der Waals surface area contributed by atoms with Gasteiger partial charge in [-0.05, 0) is 24.3 Å². The lowest BCUT2D eigenvalue weighted by molar-refractivity contribution is -0.274. The number of aromatic nitrogens is 2. The Morgan fingerprint density at radius 3 is 2.65 bits per heavy atom. The molecule has 0 fully saturated rings. The summed E-state index contributed by atoms with van der Waals surface area (Å²) in [7, 11) is 3.78. The summed E-state index contributed by atoms with van der Waals surface area (Å²) in [4.78, 5) is 18.5. The molecule has 2 aromatic heterocycles. The number of nitrogens with zero attached hydrogens (tertiary/aromatic N) is 3. The second-order valence-electron chi connectivity index (χ2n) is 5.70. The molecule has 2 heterocycles. The molecule has 0 radical (unpaired) electrons. The van der Waals surface area contributed by atoms with Crippen LogP contribution in [0, 0.1) is 0 Å². The number of fused-ring (bicyclic) bond motifs is 1. The molecular formula is C17H15F3N4O2. The van der Waals surface area contributed by atoms with Crippen LogP contribution in [-0.4, -0.2) is 35.7 Å². The topological polar surface area (TPSA) is 58.9 Å². The fourth-order valence-corrected chi connectivity index (χ4v) is 2.32. The van der Waals surface area contributed by atoms with Gasteiger partial charge >= 0.3 is 6.36 Å². The van der Waals surface area contributed by atoms with Crippen LogP contribution in [0.3, 0.4) is 0 Å². The molecule has 0 saturated heterocycles. The molecule has 0 atom stereocenters. The molecule has 0 aliphatic rings. The zero-order chi connectivity index (χ0) is 18.9. The number of rotatable bonds is 4. The first-order valence-electron chi connectivity index (χ1n) is 7.54. The zero-order valence-electron chi connectivity index (χ0n) is 13.9. The number of alkyl halides is 3. The Bertz CT molecular complexity index is 951. The molecule has 6 nitrogen and oxygen atoms in total. The van der Waals surface area contributed by atoms with Crippen LogP contribution in [0.5, 0.6) is 5.75 Å². The van der Waals surface area contributed by atoms with Crippen molar-refractivity contribution in [3.8, 4) is 5.75 Å². The number of benzene rings is 1. The van der Waals surface area contributed by atoms with Gasteiger partial charge in [0, 0.05) is 38.2 Å². The number of hydrogen-bond donors (Lipinski definition) is 1. The molecule has 0 bridgehead atoms. The summed E-state index contributed by atoms with van der Waals surface area (Å²) in [6.45, 7) is 0. The molecule has 0 unspecified atom stereocenters. The van der Waals surface area contributed by atoms with Gasteiger partial charge in [-0.15, -0.1) is 13.2 Å². The normalized spacial score (nSPS) is 11.4. The van der Waals surface area contributed by atoms with E-state index in [0.717, 1.165) is 17.8 Å². The van der Waals surface area contributed by atoms with E-state index in [1.807, 2.05) is 31.3 Å². The molecule has 1 amide bonds. The van der Waals surface area contributed by atoms with Gasteiger partial charge in [0.2, 0.25) is 0 Å². The molecule has 1 aromatic carbocycles. The zero-order valence-corrected chi connectivity index (χ0v) is 13.9. The highest BCUT2D eigenvalue weighted by atomic mass is 19.4. The lowest BCUT2D eigenvalue weighted by atomic mass is 10.3. The molecule has 3 rings (SSSR count). The van der Waals surface area contributed by atoms with Crippen molar-refractivity contribution in [1.29, 1.82) is 0 Å². The van der Waals surface area contributed by atoms with E-state index in [2.05, 4.69) is 15.0 Å². The summed E-state index contributed by atoms with van der Waals surface area (Å²) in [5.74, 6) is -0.954. The Morgan fingerprint density at radius 1 is 1.19 bits per heavy atom. The van der Waals surface area contributed by atoms with Crippen LogP contribution < -0.4 is 15.0 Å². The summed E-state index contributed by atoms with van der Waals surface area (Å²) in [6.07, 6.45) is -1.43. The van der Waals surface area contributed by atoms with Crippen LogP contribution in [0.25, 0.3) is 5.65 Å². The van der Waals surface area contributed by atoms with Gasteiger partial charge in [-0.3, -0.25) is 4.79 Å². The number of halogens is 3. The molecule has 136 valence electrons. The first-order chi connectivity index (χ1) is 12.2. The molecule has 3 aromatic rings. The first kappa shape index (κ1) is 17.6. The third-order valence-corrected chi connectivity index (χ3v) is 3.51. The maximum absolute atomic E-state index is 12.3. The second kappa shape index (κ2) is 6.58. The Balaban J connectivity index is 1.80. The van der Waals surface area contributed by atoms with Crippen molar-refractivity contribution in [2.75, 3.05) is 24.3 Å². The molecule has 9 heteroatoms. The van der Waals surface area contributed by atoms with Crippen molar-refractivity contribution in [1.82, 2.24) is 9.38 Å². The number of pyridine rings is 1. The summed E-state index contributed by atoms with van der Waals surface area (Å²) in [5, 5.41) is 2.51. The number of amides is 1. The van der Waals surface area contributed by atoms with Crippen LogP contribution in [0.2, 0.25) is 0 Å². The molecule has 0 aliphatic carbocycles. The molecule has 26 heavy (non-hydrogen) atoms. The van der Waals surface area contributed by atoms with Crippen molar-refractivity contribution in [3.05, 3.63) is 54.5 Å². The number of hydrogen-bond acceptors (Lipinski definition) is 4. The predicted molar refractivity (Wildman–Crippen MR) is 90.6 cm³/mol. The number of carbonyl (C=O) groups excluding carboxylic acids is 1. The number of ether oxygens (including phenoxy) is 1. The Hall–Kier alpha value is -3.23. The smallest absolute Gasteiger partial charge is 0.406 e. The van der Waals surface area contributed by atoms with Gasteiger partial charge < -0.3 is 19.4 Å². The number of carbonyl (C=O) groups is 1. The van der Waals surface area contributed by atoms with Gasteiger partial charge in [-0.25, -0.2) is 4.98 Å². The highest BCUT2D eigenvalue weighted by Gasteiger charge is 2.31. The van der Waals surface area contributed by atoms with E-state index < -0.39 is 18.0 Å². The van der Waals surface area contributed by atoms with E-state index in [0.29, 0.717) is 5.65 Å². The van der Waals surface area contributed by atoms with E-state index >= 15 is 0 Å². The van der Waals surface area contributed by atoms with Crippen LogP contribution in [0.1, 0.15) is 10.5 Å². The Kier molecular flexibility index (Phi) is 4.45. The van der Waals surface area contributed by atoms with E-state index in [4.69, 9.17) is 0 Å². The van der Waals surface area contributed by atoms with Crippen molar-refractivity contribution in [2.24, 2.45) is 0 Å². The predicted octanol–water partition coefficient (Wildman–Crippen LogP) is 3.55. The highest BCUT2D eigenvalue weighted by Crippen LogP contribution is 2.25. The Morgan fingerprint density at radius 2 is 1.96 bits per heavy atom. The SMILES string of the molecule is CN(C)c1ccc2nc(C(=O)Nc3cccc(OC(F)(F)F)c3)cn2c1. The monoisotopic (exact) mass is 364 g/mol. The van der Waals surface area contributed by atoms with Gasteiger partial charge in [0.15, 0.2) is 0 Å². The van der Waals surface area contributed by atoms with E-state index in [-0.39, 0.29) is 11.4 Å². The minimum Gasteiger partial charge on any atom is -0.406 e. The minimum absolute atomic E-state index is 0.142. The van der Waals surface area contributed by atoms with Crippen LogP contribution in [0.4, 0.5) is 24.5 Å².